The highest BCUT2D eigenvalue weighted by atomic mass is 16.5. The van der Waals surface area contributed by atoms with E-state index in [-0.39, 0.29) is 58.1 Å². The molecule has 8 atom stereocenters. The van der Waals surface area contributed by atoms with Gasteiger partial charge >= 0.3 is 5.97 Å². The van der Waals surface area contributed by atoms with Gasteiger partial charge in [0.25, 0.3) is 0 Å². The molecule has 0 spiro atoms. The number of esters is 1. The summed E-state index contributed by atoms with van der Waals surface area (Å²) in [6.07, 6.45) is 7.31. The molecule has 0 radical (unpaired) electrons. The molecular weight excluding hydrogens is 492 g/mol. The number of ether oxygens (including phenoxy) is 1. The second-order valence-electron chi connectivity index (χ2n) is 15.0. The normalized spacial score (nSPS) is 46.5. The first-order valence-electron chi connectivity index (χ1n) is 14.5. The third-order valence-electron chi connectivity index (χ3n) is 12.9. The molecule has 0 aromatic rings. The number of hydrogen-bond acceptors (Lipinski definition) is 6. The number of amides is 1. The number of nitriles is 1. The van der Waals surface area contributed by atoms with Gasteiger partial charge in [-0.3, -0.25) is 14.4 Å². The molecule has 1 unspecified atom stereocenters. The summed E-state index contributed by atoms with van der Waals surface area (Å²) >= 11 is 0. The number of primary amides is 1. The van der Waals surface area contributed by atoms with Gasteiger partial charge in [0.05, 0.1) is 24.2 Å². The van der Waals surface area contributed by atoms with Crippen molar-refractivity contribution in [3.63, 3.8) is 0 Å². The van der Waals surface area contributed by atoms with E-state index in [1.165, 1.54) is 7.11 Å². The lowest BCUT2D eigenvalue weighted by Crippen LogP contribution is -2.66. The van der Waals surface area contributed by atoms with E-state index >= 15 is 0 Å². The molecule has 5 aliphatic carbocycles. The minimum Gasteiger partial charge on any atom is -0.510 e. The zero-order valence-corrected chi connectivity index (χ0v) is 24.6. The first-order chi connectivity index (χ1) is 18.0. The van der Waals surface area contributed by atoms with Crippen molar-refractivity contribution in [1.82, 2.24) is 0 Å². The summed E-state index contributed by atoms with van der Waals surface area (Å²) in [5, 5.41) is 21.0. The van der Waals surface area contributed by atoms with Crippen LogP contribution in [0.3, 0.4) is 0 Å². The number of fused-ring (bicyclic) bond motifs is 7. The predicted octanol–water partition coefficient (Wildman–Crippen LogP) is 5.55. The van der Waals surface area contributed by atoms with Crippen LogP contribution in [-0.2, 0) is 19.1 Å². The van der Waals surface area contributed by atoms with Gasteiger partial charge in [-0.2, -0.15) is 5.26 Å². The van der Waals surface area contributed by atoms with Crippen LogP contribution in [0.15, 0.2) is 23.0 Å². The first kappa shape index (κ1) is 27.9. The Morgan fingerprint density at radius 3 is 2.31 bits per heavy atom. The van der Waals surface area contributed by atoms with Crippen LogP contribution in [0, 0.1) is 61.6 Å². The van der Waals surface area contributed by atoms with Gasteiger partial charge < -0.3 is 15.6 Å². The fourth-order valence-electron chi connectivity index (χ4n) is 10.5. The van der Waals surface area contributed by atoms with E-state index < -0.39 is 27.6 Å². The lowest BCUT2D eigenvalue weighted by molar-refractivity contribution is -0.192. The summed E-state index contributed by atoms with van der Waals surface area (Å²) in [5.74, 6) is -1.77. The third-order valence-corrected chi connectivity index (χ3v) is 12.9. The molecule has 7 heteroatoms. The Kier molecular flexibility index (Phi) is 5.88. The van der Waals surface area contributed by atoms with Gasteiger partial charge in [-0.15, -0.1) is 0 Å². The summed E-state index contributed by atoms with van der Waals surface area (Å²) in [6.45, 7) is 12.7. The molecule has 212 valence electrons. The summed E-state index contributed by atoms with van der Waals surface area (Å²) in [6, 6.07) is 2.14. The monoisotopic (exact) mass is 536 g/mol. The highest BCUT2D eigenvalue weighted by Gasteiger charge is 2.72. The second-order valence-corrected chi connectivity index (χ2v) is 15.0. The van der Waals surface area contributed by atoms with Crippen LogP contribution in [-0.4, -0.2) is 29.9 Å². The second kappa shape index (κ2) is 8.21. The average molecular weight is 537 g/mol. The topological polar surface area (TPSA) is 130 Å². The Morgan fingerprint density at radius 1 is 1.08 bits per heavy atom. The molecule has 7 nitrogen and oxygen atoms in total. The predicted molar refractivity (Wildman–Crippen MR) is 146 cm³/mol. The Bertz CT molecular complexity index is 1270. The van der Waals surface area contributed by atoms with Crippen LogP contribution in [0.4, 0.5) is 0 Å². The van der Waals surface area contributed by atoms with E-state index in [2.05, 4.69) is 33.8 Å². The van der Waals surface area contributed by atoms with Gasteiger partial charge in [0, 0.05) is 5.92 Å². The number of methoxy groups -OCH3 is 1. The fraction of sp³-hybridized carbons (Fsp3) is 0.750. The number of carbonyl (C=O) groups is 3. The summed E-state index contributed by atoms with van der Waals surface area (Å²) in [4.78, 5) is 40.7. The maximum atomic E-state index is 14.4. The van der Waals surface area contributed by atoms with Crippen molar-refractivity contribution in [3.8, 4) is 6.07 Å². The van der Waals surface area contributed by atoms with Crippen molar-refractivity contribution >= 4 is 17.7 Å². The van der Waals surface area contributed by atoms with Crippen LogP contribution < -0.4 is 5.73 Å². The molecular formula is C32H44N2O5. The van der Waals surface area contributed by atoms with Crippen LogP contribution in [0.5, 0.6) is 0 Å². The van der Waals surface area contributed by atoms with Crippen molar-refractivity contribution < 1.29 is 24.2 Å². The van der Waals surface area contributed by atoms with Crippen molar-refractivity contribution in [2.75, 3.05) is 7.11 Å². The van der Waals surface area contributed by atoms with E-state index in [9.17, 15) is 24.8 Å². The van der Waals surface area contributed by atoms with Crippen molar-refractivity contribution in [3.05, 3.63) is 23.0 Å². The summed E-state index contributed by atoms with van der Waals surface area (Å²) in [5.41, 5.74) is 3.56. The largest absolute Gasteiger partial charge is 0.510 e. The summed E-state index contributed by atoms with van der Waals surface area (Å²) in [7, 11) is 1.46. The number of carbonyl (C=O) groups excluding carboxylic acids is 3. The molecule has 5 rings (SSSR count). The van der Waals surface area contributed by atoms with Crippen LogP contribution >= 0.6 is 0 Å². The SMILES string of the molecule is COC(=O)[C@]12CCC(C)(C)C[C@H]1[C@H]1C(=O)C=C3[C@@]4(C)CC(C#N)=C(O)[C@@](C)(C(N)=O)C4CC[C@@]3(C)[C@]1(C)CC2. The number of ketones is 1. The van der Waals surface area contributed by atoms with E-state index in [0.717, 1.165) is 37.7 Å². The molecule has 0 aliphatic heterocycles. The number of rotatable bonds is 2. The lowest BCUT2D eigenvalue weighted by Gasteiger charge is -2.69. The molecule has 0 heterocycles. The van der Waals surface area contributed by atoms with Gasteiger partial charge in [0.15, 0.2) is 5.78 Å². The number of allylic oxidation sites excluding steroid dienone is 3. The Labute approximate surface area is 232 Å². The first-order valence-corrected chi connectivity index (χ1v) is 14.5. The Hall–Kier alpha value is -2.62. The number of nitrogens with zero attached hydrogens (tertiary/aromatic N) is 1. The minimum atomic E-state index is -1.39. The molecule has 0 aromatic heterocycles. The number of aliphatic hydroxyl groups excluding tert-OH is 1. The van der Waals surface area contributed by atoms with Gasteiger partial charge in [-0.1, -0.05) is 40.2 Å². The molecule has 1 amide bonds. The molecule has 0 aromatic carbocycles. The molecule has 3 saturated carbocycles. The van der Waals surface area contributed by atoms with Gasteiger partial charge in [0.2, 0.25) is 5.91 Å². The van der Waals surface area contributed by atoms with Gasteiger partial charge in [-0.25, -0.2) is 0 Å². The van der Waals surface area contributed by atoms with Crippen LogP contribution in [0.25, 0.3) is 0 Å². The highest BCUT2D eigenvalue weighted by Crippen LogP contribution is 2.75. The number of nitrogens with two attached hydrogens (primary N) is 1. The zero-order chi connectivity index (χ0) is 29.0. The third kappa shape index (κ3) is 3.24. The van der Waals surface area contributed by atoms with Crippen LogP contribution in [0.2, 0.25) is 0 Å². The Balaban J connectivity index is 1.70. The maximum absolute atomic E-state index is 14.4. The number of aliphatic hydroxyl groups is 1. The highest BCUT2D eigenvalue weighted by molar-refractivity contribution is 5.96. The van der Waals surface area contributed by atoms with Crippen LogP contribution in [0.1, 0.15) is 92.9 Å². The van der Waals surface area contributed by atoms with Crippen molar-refractivity contribution in [2.24, 2.45) is 56.0 Å². The fourth-order valence-corrected chi connectivity index (χ4v) is 10.5. The Morgan fingerprint density at radius 2 is 1.72 bits per heavy atom. The molecule has 39 heavy (non-hydrogen) atoms. The summed E-state index contributed by atoms with van der Waals surface area (Å²) < 4.78 is 5.40. The molecule has 5 aliphatic rings. The number of hydrogen-bond donors (Lipinski definition) is 2. The van der Waals surface area contributed by atoms with Crippen molar-refractivity contribution in [1.29, 1.82) is 5.26 Å². The van der Waals surface area contributed by atoms with E-state index in [0.29, 0.717) is 12.8 Å². The lowest BCUT2D eigenvalue weighted by atomic mass is 9.34. The quantitative estimate of drug-likeness (QED) is 0.445. The van der Waals surface area contributed by atoms with E-state index in [1.54, 1.807) is 6.92 Å². The van der Waals surface area contributed by atoms with Crippen molar-refractivity contribution in [2.45, 2.75) is 92.9 Å². The van der Waals surface area contributed by atoms with Gasteiger partial charge in [-0.05, 0) is 97.9 Å². The molecule has 3 N–H and O–H groups in total. The molecule has 0 saturated heterocycles. The van der Waals surface area contributed by atoms with E-state index in [1.807, 2.05) is 13.0 Å². The van der Waals surface area contributed by atoms with Gasteiger partial charge in [0.1, 0.15) is 11.2 Å². The maximum Gasteiger partial charge on any atom is 0.312 e. The zero-order valence-electron chi connectivity index (χ0n) is 24.6. The smallest absolute Gasteiger partial charge is 0.312 e. The molecule has 0 bridgehead atoms. The van der Waals surface area contributed by atoms with E-state index in [4.69, 9.17) is 10.5 Å². The standard InChI is InChI=1S/C32H44N2O5/c1-27(2)10-12-32(26(38)39-7)13-11-30(5)23(19(32)16-27)20(35)14-22-28(3)15-18(17-33)24(36)31(6,25(34)37)21(28)8-9-29(22,30)4/h14,19,21,23,36H,8-13,15-16H2,1-7H3,(H2,34,37)/t19-,21?,23-,28-,29+,30+,31-,32-/m0/s1. The minimum absolute atomic E-state index is 0.0198. The molecule has 3 fully saturated rings. The average Bonchev–Trinajstić information content (AvgIpc) is 2.86.